The van der Waals surface area contributed by atoms with Crippen LogP contribution in [-0.2, 0) is 6.42 Å². The molecule has 0 aliphatic carbocycles. The molecule has 1 rings (SSSR count). The van der Waals surface area contributed by atoms with Crippen molar-refractivity contribution in [3.63, 3.8) is 0 Å². The van der Waals surface area contributed by atoms with E-state index in [-0.39, 0.29) is 11.6 Å². The predicted molar refractivity (Wildman–Crippen MR) is 60.7 cm³/mol. The fourth-order valence-electron chi connectivity index (χ4n) is 1.48. The normalized spacial score (nSPS) is 10.9. The van der Waals surface area contributed by atoms with Gasteiger partial charge in [0.2, 0.25) is 0 Å². The highest BCUT2D eigenvalue weighted by Crippen LogP contribution is 2.24. The summed E-state index contributed by atoms with van der Waals surface area (Å²) in [4.78, 5) is 0. The third-order valence-corrected chi connectivity index (χ3v) is 2.24. The molecule has 0 unspecified atom stereocenters. The van der Waals surface area contributed by atoms with E-state index in [4.69, 9.17) is 10.00 Å². The van der Waals surface area contributed by atoms with Crippen molar-refractivity contribution in [3.05, 3.63) is 29.6 Å². The summed E-state index contributed by atoms with van der Waals surface area (Å²) in [6.45, 7) is 5.93. The van der Waals surface area contributed by atoms with E-state index in [9.17, 15) is 4.39 Å². The molecular weight excluding hydrogens is 205 g/mol. The summed E-state index contributed by atoms with van der Waals surface area (Å²) in [6.07, 6.45) is 0.535. The lowest BCUT2D eigenvalue weighted by molar-refractivity contribution is 0.321. The first kappa shape index (κ1) is 12.5. The molecule has 1 aromatic rings. The first-order valence-electron chi connectivity index (χ1n) is 5.31. The molecule has 0 radical (unpaired) electrons. The maximum Gasteiger partial charge on any atom is 0.165 e. The Morgan fingerprint density at radius 1 is 1.44 bits per heavy atom. The molecule has 0 amide bonds. The Hall–Kier alpha value is -1.56. The quantitative estimate of drug-likeness (QED) is 0.781. The first-order valence-corrected chi connectivity index (χ1v) is 5.31. The molecule has 2 nitrogen and oxygen atoms in total. The van der Waals surface area contributed by atoms with Gasteiger partial charge in [-0.05, 0) is 44.9 Å². The van der Waals surface area contributed by atoms with Crippen molar-refractivity contribution in [3.8, 4) is 11.8 Å². The Kier molecular flexibility index (Phi) is 3.89. The third kappa shape index (κ3) is 3.23. The van der Waals surface area contributed by atoms with Gasteiger partial charge in [-0.3, -0.25) is 0 Å². The molecule has 0 fully saturated rings. The largest absolute Gasteiger partial charge is 0.491 e. The van der Waals surface area contributed by atoms with Crippen molar-refractivity contribution in [1.29, 1.82) is 5.26 Å². The van der Waals surface area contributed by atoms with Crippen LogP contribution < -0.4 is 4.74 Å². The number of benzene rings is 1. The Morgan fingerprint density at radius 2 is 2.12 bits per heavy atom. The fourth-order valence-corrected chi connectivity index (χ4v) is 1.48. The zero-order chi connectivity index (χ0) is 12.2. The lowest BCUT2D eigenvalue weighted by Gasteiger charge is -2.15. The second kappa shape index (κ2) is 4.98. The van der Waals surface area contributed by atoms with Crippen molar-refractivity contribution < 1.29 is 9.13 Å². The zero-order valence-electron chi connectivity index (χ0n) is 9.88. The maximum absolute atomic E-state index is 13.5. The minimum Gasteiger partial charge on any atom is -0.491 e. The first-order chi connectivity index (χ1) is 7.48. The second-order valence-corrected chi connectivity index (χ2v) is 4.37. The van der Waals surface area contributed by atoms with Crippen molar-refractivity contribution in [1.82, 2.24) is 0 Å². The van der Waals surface area contributed by atoms with E-state index in [1.54, 1.807) is 12.1 Å². The Balaban J connectivity index is 2.86. The average molecular weight is 221 g/mol. The van der Waals surface area contributed by atoms with Crippen molar-refractivity contribution >= 4 is 0 Å². The van der Waals surface area contributed by atoms with Crippen LogP contribution in [0.2, 0.25) is 0 Å². The molecule has 0 saturated heterocycles. The molecule has 16 heavy (non-hydrogen) atoms. The molecular formula is C13H16FNO. The van der Waals surface area contributed by atoms with Crippen molar-refractivity contribution in [2.45, 2.75) is 27.2 Å². The fraction of sp³-hybridized carbons (Fsp3) is 0.462. The van der Waals surface area contributed by atoms with Gasteiger partial charge in [-0.1, -0.05) is 6.07 Å². The molecule has 0 spiro atoms. The summed E-state index contributed by atoms with van der Waals surface area (Å²) in [5.74, 6) is -0.103. The number of rotatable bonds is 4. The standard InChI is InChI=1S/C13H16FNO/c1-4-16-12-6-5-10(7-11(12)14)8-13(2,3)9-15/h5-7H,4,8H2,1-3H3. The van der Waals surface area contributed by atoms with E-state index in [2.05, 4.69) is 6.07 Å². The molecule has 0 saturated carbocycles. The van der Waals surface area contributed by atoms with E-state index in [0.29, 0.717) is 13.0 Å². The number of hydrogen-bond donors (Lipinski definition) is 0. The molecule has 3 heteroatoms. The lowest BCUT2D eigenvalue weighted by Crippen LogP contribution is -2.12. The van der Waals surface area contributed by atoms with Crippen LogP contribution in [0.3, 0.4) is 0 Å². The number of hydrogen-bond acceptors (Lipinski definition) is 2. The summed E-state index contributed by atoms with van der Waals surface area (Å²) >= 11 is 0. The average Bonchev–Trinajstić information content (AvgIpc) is 2.22. The Bertz CT molecular complexity index is 407. The molecule has 86 valence electrons. The van der Waals surface area contributed by atoms with Crippen LogP contribution in [0.25, 0.3) is 0 Å². The van der Waals surface area contributed by atoms with Crippen LogP contribution in [0, 0.1) is 22.6 Å². The van der Waals surface area contributed by atoms with Crippen LogP contribution in [0.5, 0.6) is 5.75 Å². The highest BCUT2D eigenvalue weighted by Gasteiger charge is 2.18. The van der Waals surface area contributed by atoms with E-state index < -0.39 is 5.41 Å². The van der Waals surface area contributed by atoms with Crippen LogP contribution in [0.15, 0.2) is 18.2 Å². The molecule has 0 aliphatic heterocycles. The Labute approximate surface area is 95.7 Å². The zero-order valence-corrected chi connectivity index (χ0v) is 9.88. The van der Waals surface area contributed by atoms with Gasteiger partial charge in [0.15, 0.2) is 11.6 Å². The number of nitriles is 1. The third-order valence-electron chi connectivity index (χ3n) is 2.24. The smallest absolute Gasteiger partial charge is 0.165 e. The highest BCUT2D eigenvalue weighted by molar-refractivity contribution is 5.30. The molecule has 0 N–H and O–H groups in total. The van der Waals surface area contributed by atoms with Gasteiger partial charge in [0.25, 0.3) is 0 Å². The van der Waals surface area contributed by atoms with Crippen molar-refractivity contribution in [2.75, 3.05) is 6.61 Å². The van der Waals surface area contributed by atoms with Crippen LogP contribution in [0.1, 0.15) is 26.3 Å². The number of halogens is 1. The molecule has 0 aromatic heterocycles. The lowest BCUT2D eigenvalue weighted by atomic mass is 9.87. The second-order valence-electron chi connectivity index (χ2n) is 4.37. The van der Waals surface area contributed by atoms with E-state index >= 15 is 0 Å². The maximum atomic E-state index is 13.5. The van der Waals surface area contributed by atoms with Crippen LogP contribution >= 0.6 is 0 Å². The van der Waals surface area contributed by atoms with Gasteiger partial charge in [0, 0.05) is 0 Å². The minimum atomic E-state index is -0.473. The van der Waals surface area contributed by atoms with Gasteiger partial charge in [-0.15, -0.1) is 0 Å². The molecule has 0 aliphatic rings. The summed E-state index contributed by atoms with van der Waals surface area (Å²) in [7, 11) is 0. The Morgan fingerprint density at radius 3 is 2.62 bits per heavy atom. The highest BCUT2D eigenvalue weighted by atomic mass is 19.1. The van der Waals surface area contributed by atoms with E-state index in [1.807, 2.05) is 20.8 Å². The molecule has 0 heterocycles. The predicted octanol–water partition coefficient (Wildman–Crippen LogP) is 3.32. The summed E-state index contributed by atoms with van der Waals surface area (Å²) in [5.41, 5.74) is 0.340. The van der Waals surface area contributed by atoms with E-state index in [0.717, 1.165) is 5.56 Å². The van der Waals surface area contributed by atoms with Gasteiger partial charge in [0.05, 0.1) is 18.1 Å². The summed E-state index contributed by atoms with van der Waals surface area (Å²) < 4.78 is 18.6. The van der Waals surface area contributed by atoms with E-state index in [1.165, 1.54) is 6.07 Å². The molecule has 0 bridgehead atoms. The van der Waals surface area contributed by atoms with Crippen molar-refractivity contribution in [2.24, 2.45) is 5.41 Å². The monoisotopic (exact) mass is 221 g/mol. The molecule has 0 atom stereocenters. The minimum absolute atomic E-state index is 0.265. The van der Waals surface area contributed by atoms with Gasteiger partial charge >= 0.3 is 0 Å². The van der Waals surface area contributed by atoms with Crippen LogP contribution in [0.4, 0.5) is 4.39 Å². The number of ether oxygens (including phenoxy) is 1. The summed E-state index contributed by atoms with van der Waals surface area (Å²) in [5, 5.41) is 8.90. The SMILES string of the molecule is CCOc1ccc(CC(C)(C)C#N)cc1F. The molecule has 1 aromatic carbocycles. The number of nitrogens with zero attached hydrogens (tertiary/aromatic N) is 1. The van der Waals surface area contributed by atoms with Gasteiger partial charge in [-0.25, -0.2) is 4.39 Å². The van der Waals surface area contributed by atoms with Crippen LogP contribution in [-0.4, -0.2) is 6.61 Å². The van der Waals surface area contributed by atoms with Gasteiger partial charge < -0.3 is 4.74 Å². The van der Waals surface area contributed by atoms with Gasteiger partial charge in [-0.2, -0.15) is 5.26 Å². The summed E-state index contributed by atoms with van der Waals surface area (Å²) in [6, 6.07) is 7.04. The van der Waals surface area contributed by atoms with Gasteiger partial charge in [0.1, 0.15) is 0 Å². The topological polar surface area (TPSA) is 33.0 Å².